The van der Waals surface area contributed by atoms with Crippen LogP contribution in [0.15, 0.2) is 68.6 Å². The fourth-order valence-electron chi connectivity index (χ4n) is 3.39. The van der Waals surface area contributed by atoms with Gasteiger partial charge in [-0.25, -0.2) is 0 Å². The van der Waals surface area contributed by atoms with Crippen LogP contribution in [0.5, 0.6) is 0 Å². The summed E-state index contributed by atoms with van der Waals surface area (Å²) in [5.74, 6) is -0.144. The van der Waals surface area contributed by atoms with Gasteiger partial charge in [0.15, 0.2) is 0 Å². The summed E-state index contributed by atoms with van der Waals surface area (Å²) in [7, 11) is 2.05. The van der Waals surface area contributed by atoms with Crippen LogP contribution in [-0.4, -0.2) is 4.57 Å². The summed E-state index contributed by atoms with van der Waals surface area (Å²) in [4.78, 5) is 0. The van der Waals surface area contributed by atoms with Crippen LogP contribution in [0, 0.1) is 11.3 Å². The maximum absolute atomic E-state index is 9.75. The van der Waals surface area contributed by atoms with Gasteiger partial charge in [-0.05, 0) is 17.7 Å². The minimum atomic E-state index is -0.144. The molecule has 5 heteroatoms. The van der Waals surface area contributed by atoms with Crippen molar-refractivity contribution in [1.82, 2.24) is 4.57 Å². The van der Waals surface area contributed by atoms with E-state index < -0.39 is 0 Å². The van der Waals surface area contributed by atoms with Crippen LogP contribution in [0.4, 0.5) is 0 Å². The van der Waals surface area contributed by atoms with Crippen LogP contribution in [0.25, 0.3) is 10.9 Å². The summed E-state index contributed by atoms with van der Waals surface area (Å²) in [5, 5.41) is 12.6. The summed E-state index contributed by atoms with van der Waals surface area (Å²) in [6, 6.07) is 18.6. The number of thioether (sulfide) groups is 1. The number of hydrogen-bond donors (Lipinski definition) is 1. The molecule has 2 aromatic carbocycles. The van der Waals surface area contributed by atoms with E-state index in [0.717, 1.165) is 31.5 Å². The zero-order valence-corrected chi connectivity index (χ0v) is 15.4. The molecule has 0 amide bonds. The molecule has 4 rings (SSSR count). The van der Waals surface area contributed by atoms with Gasteiger partial charge >= 0.3 is 0 Å². The van der Waals surface area contributed by atoms with Crippen LogP contribution >= 0.6 is 27.7 Å². The molecule has 0 aliphatic carbocycles. The molecule has 1 atom stereocenters. The first kappa shape index (κ1) is 15.4. The van der Waals surface area contributed by atoms with E-state index in [4.69, 9.17) is 5.73 Å². The van der Waals surface area contributed by atoms with E-state index in [2.05, 4.69) is 44.8 Å². The van der Waals surface area contributed by atoms with E-state index in [1.165, 1.54) is 11.8 Å². The molecular formula is C19H14BrN3S. The molecule has 1 aliphatic rings. The third-order valence-electron chi connectivity index (χ3n) is 4.46. The third kappa shape index (κ3) is 2.10. The Balaban J connectivity index is 2.13. The predicted molar refractivity (Wildman–Crippen MR) is 102 cm³/mol. The maximum Gasteiger partial charge on any atom is 0.0984 e. The number of aryl methyl sites for hydroxylation is 1. The topological polar surface area (TPSA) is 54.7 Å². The van der Waals surface area contributed by atoms with Gasteiger partial charge in [0, 0.05) is 28.4 Å². The predicted octanol–water partition coefficient (Wildman–Crippen LogP) is 4.87. The van der Waals surface area contributed by atoms with Gasteiger partial charge in [0.1, 0.15) is 0 Å². The van der Waals surface area contributed by atoms with Gasteiger partial charge in [-0.15, -0.1) is 0 Å². The second-order valence-electron chi connectivity index (χ2n) is 5.75. The van der Waals surface area contributed by atoms with E-state index in [1.54, 1.807) is 0 Å². The van der Waals surface area contributed by atoms with E-state index in [9.17, 15) is 5.26 Å². The molecule has 0 spiro atoms. The molecule has 2 heterocycles. The maximum atomic E-state index is 9.75. The SMILES string of the molecule is Cn1c2c(c3c(Br)cccc31)[C@@H](c1ccccc1)C(C#N)=C(N)S2. The third-order valence-corrected chi connectivity index (χ3v) is 6.25. The Morgan fingerprint density at radius 1 is 1.17 bits per heavy atom. The van der Waals surface area contributed by atoms with E-state index in [0.29, 0.717) is 10.6 Å². The molecule has 0 saturated heterocycles. The van der Waals surface area contributed by atoms with Gasteiger partial charge in [0.2, 0.25) is 0 Å². The van der Waals surface area contributed by atoms with Crippen molar-refractivity contribution in [1.29, 1.82) is 5.26 Å². The highest BCUT2D eigenvalue weighted by molar-refractivity contribution is 9.10. The smallest absolute Gasteiger partial charge is 0.0984 e. The number of nitrogens with zero attached hydrogens (tertiary/aromatic N) is 2. The monoisotopic (exact) mass is 395 g/mol. The molecule has 0 saturated carbocycles. The minimum absolute atomic E-state index is 0.144. The van der Waals surface area contributed by atoms with Gasteiger partial charge in [0.05, 0.1) is 27.2 Å². The van der Waals surface area contributed by atoms with Gasteiger partial charge in [0.25, 0.3) is 0 Å². The molecular weight excluding hydrogens is 382 g/mol. The van der Waals surface area contributed by atoms with Crippen LogP contribution < -0.4 is 5.73 Å². The Labute approximate surface area is 152 Å². The number of halogens is 1. The first-order valence-electron chi connectivity index (χ1n) is 7.52. The van der Waals surface area contributed by atoms with Gasteiger partial charge in [-0.1, -0.05) is 64.1 Å². The number of hydrogen-bond acceptors (Lipinski definition) is 3. The number of fused-ring (bicyclic) bond motifs is 3. The van der Waals surface area contributed by atoms with E-state index in [1.807, 2.05) is 37.4 Å². The number of benzene rings is 2. The molecule has 2 N–H and O–H groups in total. The molecule has 0 radical (unpaired) electrons. The zero-order valence-electron chi connectivity index (χ0n) is 13.0. The van der Waals surface area contributed by atoms with E-state index >= 15 is 0 Å². The quantitative estimate of drug-likeness (QED) is 0.638. The number of allylic oxidation sites excluding steroid dienone is 1. The minimum Gasteiger partial charge on any atom is -0.392 e. The van der Waals surface area contributed by atoms with Crippen molar-refractivity contribution in [3.8, 4) is 6.07 Å². The van der Waals surface area contributed by atoms with Crippen LogP contribution in [0.3, 0.4) is 0 Å². The van der Waals surface area contributed by atoms with Crippen molar-refractivity contribution in [3.63, 3.8) is 0 Å². The first-order chi connectivity index (χ1) is 11.6. The van der Waals surface area contributed by atoms with Crippen LogP contribution in [0.2, 0.25) is 0 Å². The Kier molecular flexibility index (Phi) is 3.67. The highest BCUT2D eigenvalue weighted by Crippen LogP contribution is 2.50. The summed E-state index contributed by atoms with van der Waals surface area (Å²) < 4.78 is 3.20. The van der Waals surface area contributed by atoms with Gasteiger partial charge < -0.3 is 10.3 Å². The number of nitriles is 1. The number of nitrogens with two attached hydrogens (primary N) is 1. The highest BCUT2D eigenvalue weighted by Gasteiger charge is 2.34. The second-order valence-corrected chi connectivity index (χ2v) is 7.63. The highest BCUT2D eigenvalue weighted by atomic mass is 79.9. The Morgan fingerprint density at radius 2 is 1.92 bits per heavy atom. The molecule has 0 fully saturated rings. The zero-order chi connectivity index (χ0) is 16.8. The fourth-order valence-corrected chi connectivity index (χ4v) is 5.01. The van der Waals surface area contributed by atoms with Crippen LogP contribution in [0.1, 0.15) is 17.0 Å². The first-order valence-corrected chi connectivity index (χ1v) is 9.13. The van der Waals surface area contributed by atoms with Crippen molar-refractivity contribution in [2.45, 2.75) is 10.9 Å². The standard InChI is InChI=1S/C19H14BrN3S/c1-23-14-9-5-8-13(20)16(14)17-15(11-6-3-2-4-7-11)12(10-21)18(22)24-19(17)23/h2-9,15H,22H2,1H3/t15-/m0/s1. The average Bonchev–Trinajstić information content (AvgIpc) is 2.88. The van der Waals surface area contributed by atoms with Gasteiger partial charge in [-0.2, -0.15) is 5.26 Å². The van der Waals surface area contributed by atoms with Gasteiger partial charge in [-0.3, -0.25) is 0 Å². The molecule has 24 heavy (non-hydrogen) atoms. The van der Waals surface area contributed by atoms with E-state index in [-0.39, 0.29) is 5.92 Å². The summed E-state index contributed by atoms with van der Waals surface area (Å²) in [5.41, 5.74) is 10.3. The molecule has 1 aromatic heterocycles. The molecule has 3 nitrogen and oxygen atoms in total. The van der Waals surface area contributed by atoms with Crippen molar-refractivity contribution in [2.24, 2.45) is 12.8 Å². The average molecular weight is 396 g/mol. The summed E-state index contributed by atoms with van der Waals surface area (Å²) in [6.07, 6.45) is 0. The lowest BCUT2D eigenvalue weighted by Crippen LogP contribution is -2.15. The molecule has 0 unspecified atom stereocenters. The largest absolute Gasteiger partial charge is 0.392 e. The molecule has 1 aliphatic heterocycles. The normalized spacial score (nSPS) is 17.0. The summed E-state index contributed by atoms with van der Waals surface area (Å²) in [6.45, 7) is 0. The van der Waals surface area contributed by atoms with Crippen LogP contribution in [-0.2, 0) is 7.05 Å². The number of aromatic nitrogens is 1. The molecule has 118 valence electrons. The summed E-state index contributed by atoms with van der Waals surface area (Å²) >= 11 is 5.17. The Morgan fingerprint density at radius 3 is 2.62 bits per heavy atom. The molecule has 3 aromatic rings. The lowest BCUT2D eigenvalue weighted by atomic mass is 9.85. The Hall–Kier alpha value is -2.16. The fraction of sp³-hybridized carbons (Fsp3) is 0.105. The Bertz CT molecular complexity index is 1030. The van der Waals surface area contributed by atoms with Crippen molar-refractivity contribution in [3.05, 3.63) is 74.7 Å². The lowest BCUT2D eigenvalue weighted by molar-refractivity contribution is 0.813. The second kappa shape index (κ2) is 5.73. The molecule has 0 bridgehead atoms. The lowest BCUT2D eigenvalue weighted by Gasteiger charge is -2.25. The number of rotatable bonds is 1. The van der Waals surface area contributed by atoms with Crippen molar-refractivity contribution < 1.29 is 0 Å². The van der Waals surface area contributed by atoms with Crippen molar-refractivity contribution >= 4 is 38.6 Å². The van der Waals surface area contributed by atoms with Crippen molar-refractivity contribution in [2.75, 3.05) is 0 Å².